The van der Waals surface area contributed by atoms with Crippen LogP contribution in [0.4, 0.5) is 11.6 Å². The lowest BCUT2D eigenvalue weighted by Crippen LogP contribution is -2.03. The minimum absolute atomic E-state index is 0.102. The van der Waals surface area contributed by atoms with Crippen LogP contribution in [-0.2, 0) is 0 Å². The molecular weight excluding hydrogens is 276 g/mol. The molecule has 5 nitrogen and oxygen atoms in total. The minimum atomic E-state index is 0.102. The minimum Gasteiger partial charge on any atom is -0.464 e. The number of hydrogen-bond donors (Lipinski definition) is 1. The van der Waals surface area contributed by atoms with Crippen molar-refractivity contribution in [3.63, 3.8) is 0 Å². The summed E-state index contributed by atoms with van der Waals surface area (Å²) in [6, 6.07) is 8.31. The molecule has 0 bridgehead atoms. The van der Waals surface area contributed by atoms with E-state index in [0.717, 1.165) is 5.69 Å². The Morgan fingerprint density at radius 2 is 1.85 bits per heavy atom. The van der Waals surface area contributed by atoms with Gasteiger partial charge in [0.2, 0.25) is 11.2 Å². The van der Waals surface area contributed by atoms with Gasteiger partial charge in [-0.3, -0.25) is 0 Å². The molecule has 0 unspecified atom stereocenters. The molecular formula is C14H17ClN4O. The van der Waals surface area contributed by atoms with Gasteiger partial charge in [0.25, 0.3) is 0 Å². The van der Waals surface area contributed by atoms with Crippen molar-refractivity contribution in [1.29, 1.82) is 0 Å². The Labute approximate surface area is 123 Å². The largest absolute Gasteiger partial charge is 0.464 e. The van der Waals surface area contributed by atoms with Gasteiger partial charge in [-0.05, 0) is 42.1 Å². The summed E-state index contributed by atoms with van der Waals surface area (Å²) in [4.78, 5) is 12.0. The predicted octanol–water partition coefficient (Wildman–Crippen LogP) is 3.79. The SMILES string of the molecule is CCOc1nc(Cl)nc(Nc2ccc(C(C)C)cc2)n1. The molecule has 6 heteroatoms. The number of benzene rings is 1. The van der Waals surface area contributed by atoms with Crippen molar-refractivity contribution < 1.29 is 4.74 Å². The normalized spacial score (nSPS) is 10.7. The molecule has 0 aliphatic heterocycles. The molecule has 0 spiro atoms. The molecule has 2 aromatic rings. The summed E-state index contributed by atoms with van der Waals surface area (Å²) in [7, 11) is 0. The molecule has 1 aromatic heterocycles. The smallest absolute Gasteiger partial charge is 0.322 e. The van der Waals surface area contributed by atoms with E-state index in [1.165, 1.54) is 5.56 Å². The summed E-state index contributed by atoms with van der Waals surface area (Å²) in [6.07, 6.45) is 0. The Morgan fingerprint density at radius 3 is 2.45 bits per heavy atom. The fourth-order valence-corrected chi connectivity index (χ4v) is 1.81. The van der Waals surface area contributed by atoms with Crippen LogP contribution in [0.2, 0.25) is 5.28 Å². The van der Waals surface area contributed by atoms with Crippen LogP contribution in [0.3, 0.4) is 0 Å². The van der Waals surface area contributed by atoms with Gasteiger partial charge in [-0.15, -0.1) is 0 Å². The molecule has 0 radical (unpaired) electrons. The fraction of sp³-hybridized carbons (Fsp3) is 0.357. The van der Waals surface area contributed by atoms with Crippen LogP contribution >= 0.6 is 11.6 Å². The topological polar surface area (TPSA) is 59.9 Å². The van der Waals surface area contributed by atoms with Crippen molar-refractivity contribution in [1.82, 2.24) is 15.0 Å². The Morgan fingerprint density at radius 1 is 1.15 bits per heavy atom. The van der Waals surface area contributed by atoms with E-state index in [2.05, 4.69) is 46.2 Å². The lowest BCUT2D eigenvalue weighted by molar-refractivity contribution is 0.312. The molecule has 0 fully saturated rings. The number of aromatic nitrogens is 3. The zero-order chi connectivity index (χ0) is 14.5. The zero-order valence-electron chi connectivity index (χ0n) is 11.7. The van der Waals surface area contributed by atoms with Crippen LogP contribution in [0.5, 0.6) is 6.01 Å². The lowest BCUT2D eigenvalue weighted by atomic mass is 10.0. The van der Waals surface area contributed by atoms with Gasteiger partial charge in [-0.2, -0.15) is 15.0 Å². The first-order valence-corrected chi connectivity index (χ1v) is 6.87. The third kappa shape index (κ3) is 3.81. The van der Waals surface area contributed by atoms with Gasteiger partial charge in [0.15, 0.2) is 0 Å². The highest BCUT2D eigenvalue weighted by molar-refractivity contribution is 6.28. The number of nitrogens with zero attached hydrogens (tertiary/aromatic N) is 3. The van der Waals surface area contributed by atoms with Gasteiger partial charge < -0.3 is 10.1 Å². The molecule has 1 aromatic carbocycles. The monoisotopic (exact) mass is 292 g/mol. The maximum absolute atomic E-state index is 5.84. The highest BCUT2D eigenvalue weighted by Gasteiger charge is 2.06. The second kappa shape index (κ2) is 6.52. The molecule has 1 heterocycles. The van der Waals surface area contributed by atoms with E-state index in [1.54, 1.807) is 0 Å². The van der Waals surface area contributed by atoms with Gasteiger partial charge in [0.05, 0.1) is 6.61 Å². The molecule has 20 heavy (non-hydrogen) atoms. The summed E-state index contributed by atoms with van der Waals surface area (Å²) in [6.45, 7) is 6.64. The Balaban J connectivity index is 2.16. The van der Waals surface area contributed by atoms with Crippen molar-refractivity contribution in [2.45, 2.75) is 26.7 Å². The first-order chi connectivity index (χ1) is 9.58. The molecule has 0 atom stereocenters. The van der Waals surface area contributed by atoms with Crippen LogP contribution in [0.25, 0.3) is 0 Å². The second-order valence-corrected chi connectivity index (χ2v) is 4.88. The van der Waals surface area contributed by atoms with Gasteiger partial charge in [0, 0.05) is 5.69 Å². The quantitative estimate of drug-likeness (QED) is 0.908. The van der Waals surface area contributed by atoms with Crippen molar-refractivity contribution in [2.75, 3.05) is 11.9 Å². The molecule has 0 amide bonds. The maximum atomic E-state index is 5.84. The molecule has 106 valence electrons. The van der Waals surface area contributed by atoms with E-state index >= 15 is 0 Å². The van der Waals surface area contributed by atoms with E-state index in [1.807, 2.05) is 19.1 Å². The number of ether oxygens (including phenoxy) is 1. The van der Waals surface area contributed by atoms with Crippen LogP contribution in [-0.4, -0.2) is 21.6 Å². The molecule has 2 rings (SSSR count). The summed E-state index contributed by atoms with van der Waals surface area (Å²) in [5.41, 5.74) is 2.17. The zero-order valence-corrected chi connectivity index (χ0v) is 12.5. The lowest BCUT2D eigenvalue weighted by Gasteiger charge is -2.09. The second-order valence-electron chi connectivity index (χ2n) is 4.55. The van der Waals surface area contributed by atoms with E-state index in [-0.39, 0.29) is 11.3 Å². The summed E-state index contributed by atoms with van der Waals surface area (Å²) < 4.78 is 5.23. The Kier molecular flexibility index (Phi) is 4.74. The first-order valence-electron chi connectivity index (χ1n) is 6.50. The summed E-state index contributed by atoms with van der Waals surface area (Å²) in [5.74, 6) is 0.867. The third-order valence-electron chi connectivity index (χ3n) is 2.69. The van der Waals surface area contributed by atoms with Crippen molar-refractivity contribution in [3.05, 3.63) is 35.1 Å². The van der Waals surface area contributed by atoms with Crippen molar-refractivity contribution in [2.24, 2.45) is 0 Å². The van der Waals surface area contributed by atoms with Gasteiger partial charge in [-0.25, -0.2) is 0 Å². The van der Waals surface area contributed by atoms with Crippen molar-refractivity contribution in [3.8, 4) is 6.01 Å². The standard InChI is InChI=1S/C14H17ClN4O/c1-4-20-14-18-12(15)17-13(19-14)16-11-7-5-10(6-8-11)9(2)3/h5-9H,4H2,1-3H3,(H,16,17,18,19). The van der Waals surface area contributed by atoms with E-state index in [0.29, 0.717) is 18.5 Å². The number of hydrogen-bond acceptors (Lipinski definition) is 5. The van der Waals surface area contributed by atoms with Crippen LogP contribution in [0.15, 0.2) is 24.3 Å². The average molecular weight is 293 g/mol. The van der Waals surface area contributed by atoms with Gasteiger partial charge in [0.1, 0.15) is 0 Å². The Hall–Kier alpha value is -1.88. The van der Waals surface area contributed by atoms with Crippen LogP contribution in [0.1, 0.15) is 32.3 Å². The van der Waals surface area contributed by atoms with Gasteiger partial charge in [-0.1, -0.05) is 26.0 Å². The fourth-order valence-electron chi connectivity index (χ4n) is 1.66. The maximum Gasteiger partial charge on any atom is 0.322 e. The number of anilines is 2. The third-order valence-corrected chi connectivity index (χ3v) is 2.86. The molecule has 0 aliphatic carbocycles. The van der Waals surface area contributed by atoms with Crippen LogP contribution < -0.4 is 10.1 Å². The Bertz CT molecular complexity index is 572. The predicted molar refractivity (Wildman–Crippen MR) is 79.8 cm³/mol. The summed E-state index contributed by atoms with van der Waals surface area (Å²) >= 11 is 5.84. The molecule has 0 saturated carbocycles. The van der Waals surface area contributed by atoms with E-state index < -0.39 is 0 Å². The average Bonchev–Trinajstić information content (AvgIpc) is 2.39. The molecule has 0 saturated heterocycles. The number of rotatable bonds is 5. The van der Waals surface area contributed by atoms with Crippen LogP contribution in [0, 0.1) is 0 Å². The number of halogens is 1. The van der Waals surface area contributed by atoms with E-state index in [9.17, 15) is 0 Å². The van der Waals surface area contributed by atoms with Crippen molar-refractivity contribution >= 4 is 23.2 Å². The first kappa shape index (κ1) is 14.5. The van der Waals surface area contributed by atoms with E-state index in [4.69, 9.17) is 16.3 Å². The highest BCUT2D eigenvalue weighted by atomic mass is 35.5. The highest BCUT2D eigenvalue weighted by Crippen LogP contribution is 2.20. The molecule has 1 N–H and O–H groups in total. The molecule has 0 aliphatic rings. The number of nitrogens with one attached hydrogen (secondary N) is 1. The van der Waals surface area contributed by atoms with Gasteiger partial charge >= 0.3 is 6.01 Å². The summed E-state index contributed by atoms with van der Waals surface area (Å²) in [5, 5.41) is 3.18.